The van der Waals surface area contributed by atoms with Crippen LogP contribution in [-0.2, 0) is 22.4 Å². The predicted octanol–water partition coefficient (Wildman–Crippen LogP) is 2.03. The summed E-state index contributed by atoms with van der Waals surface area (Å²) < 4.78 is 5.32. The van der Waals surface area contributed by atoms with Gasteiger partial charge in [0.25, 0.3) is 0 Å². The summed E-state index contributed by atoms with van der Waals surface area (Å²) in [6.07, 6.45) is 2.91. The number of aliphatic hydroxyl groups excluding tert-OH is 1. The second-order valence-electron chi connectivity index (χ2n) is 7.64. The second-order valence-corrected chi connectivity index (χ2v) is 7.64. The Kier molecular flexibility index (Phi) is 7.16. The molecule has 12 heteroatoms. The molecule has 0 saturated heterocycles. The highest BCUT2D eigenvalue weighted by Gasteiger charge is 2.17. The van der Waals surface area contributed by atoms with Crippen molar-refractivity contribution in [1.29, 1.82) is 0 Å². The van der Waals surface area contributed by atoms with E-state index in [9.17, 15) is 14.7 Å². The highest BCUT2D eigenvalue weighted by molar-refractivity contribution is 5.72. The fourth-order valence-corrected chi connectivity index (χ4v) is 3.29. The fourth-order valence-electron chi connectivity index (χ4n) is 3.29. The number of carboxylic acids is 2. The lowest BCUT2D eigenvalue weighted by atomic mass is 10.1. The Balaban J connectivity index is 1.85. The highest BCUT2D eigenvalue weighted by atomic mass is 16.6. The van der Waals surface area contributed by atoms with Gasteiger partial charge in [0.1, 0.15) is 22.8 Å². The van der Waals surface area contributed by atoms with Crippen molar-refractivity contribution < 1.29 is 29.6 Å². The van der Waals surface area contributed by atoms with E-state index in [1.165, 1.54) is 31.6 Å². The minimum absolute atomic E-state index is 0.135. The molecule has 1 unspecified atom stereocenters. The zero-order valence-electron chi connectivity index (χ0n) is 18.9. The maximum absolute atomic E-state index is 11.2. The van der Waals surface area contributed by atoms with Gasteiger partial charge in [0.2, 0.25) is 0 Å². The van der Waals surface area contributed by atoms with Crippen molar-refractivity contribution in [3.63, 3.8) is 0 Å². The molecule has 182 valence electrons. The van der Waals surface area contributed by atoms with E-state index in [1.807, 2.05) is 0 Å². The predicted molar refractivity (Wildman–Crippen MR) is 125 cm³/mol. The van der Waals surface area contributed by atoms with Crippen LogP contribution in [0.5, 0.6) is 5.75 Å². The number of nitrogens with zero attached hydrogens (tertiary/aromatic N) is 6. The molecule has 4 heterocycles. The third kappa shape index (κ3) is 6.18. The molecular formula is C24H20N6O6. The zero-order valence-corrected chi connectivity index (χ0v) is 18.9. The Hall–Kier alpha value is -4.84. The molecule has 4 aromatic rings. The van der Waals surface area contributed by atoms with E-state index < -0.39 is 18.2 Å². The number of carboxylic acid groups (broad SMARTS) is 2. The van der Waals surface area contributed by atoms with Gasteiger partial charge in [0.15, 0.2) is 23.8 Å². The van der Waals surface area contributed by atoms with E-state index >= 15 is 0 Å². The van der Waals surface area contributed by atoms with E-state index in [2.05, 4.69) is 29.9 Å². The van der Waals surface area contributed by atoms with Crippen molar-refractivity contribution in [1.82, 2.24) is 29.9 Å². The van der Waals surface area contributed by atoms with Gasteiger partial charge in [-0.2, -0.15) is 0 Å². The van der Waals surface area contributed by atoms with Crippen molar-refractivity contribution >= 4 is 11.9 Å². The number of aromatic nitrogens is 6. The quantitative estimate of drug-likeness (QED) is 0.292. The van der Waals surface area contributed by atoms with Crippen LogP contribution in [-0.4, -0.2) is 63.5 Å². The number of rotatable bonds is 9. The average molecular weight is 488 g/mol. The maximum Gasteiger partial charge on any atom is 0.307 e. The van der Waals surface area contributed by atoms with Crippen LogP contribution in [0.4, 0.5) is 0 Å². The van der Waals surface area contributed by atoms with E-state index in [4.69, 9.17) is 14.9 Å². The molecule has 0 bridgehead atoms. The molecule has 0 spiro atoms. The number of pyridine rings is 3. The van der Waals surface area contributed by atoms with Gasteiger partial charge in [-0.3, -0.25) is 24.5 Å². The van der Waals surface area contributed by atoms with E-state index in [0.717, 1.165) is 0 Å². The van der Waals surface area contributed by atoms with Gasteiger partial charge >= 0.3 is 11.9 Å². The van der Waals surface area contributed by atoms with E-state index in [1.54, 1.807) is 30.3 Å². The number of hydrogen-bond acceptors (Lipinski definition) is 10. The molecule has 0 aromatic carbocycles. The third-order valence-electron chi connectivity index (χ3n) is 4.72. The van der Waals surface area contributed by atoms with Crippen LogP contribution >= 0.6 is 0 Å². The van der Waals surface area contributed by atoms with Crippen molar-refractivity contribution in [2.45, 2.75) is 26.1 Å². The summed E-state index contributed by atoms with van der Waals surface area (Å²) in [5.74, 6) is -1.25. The Bertz CT molecular complexity index is 1350. The molecule has 4 rings (SSSR count). The zero-order chi connectivity index (χ0) is 25.7. The summed E-state index contributed by atoms with van der Waals surface area (Å²) in [6.45, 7) is 1.46. The number of aliphatic carboxylic acids is 2. The van der Waals surface area contributed by atoms with Crippen LogP contribution in [0.3, 0.4) is 0 Å². The van der Waals surface area contributed by atoms with Crippen LogP contribution < -0.4 is 4.74 Å². The van der Waals surface area contributed by atoms with Crippen LogP contribution in [0.15, 0.2) is 55.0 Å². The van der Waals surface area contributed by atoms with Crippen molar-refractivity contribution in [3.8, 4) is 40.3 Å². The molecule has 0 aliphatic carbocycles. The van der Waals surface area contributed by atoms with Crippen molar-refractivity contribution in [3.05, 3.63) is 66.1 Å². The fraction of sp³-hybridized carbons (Fsp3) is 0.167. The summed E-state index contributed by atoms with van der Waals surface area (Å²) >= 11 is 0. The van der Waals surface area contributed by atoms with Gasteiger partial charge in [-0.15, -0.1) is 0 Å². The number of hydrogen-bond donors (Lipinski definition) is 3. The average Bonchev–Trinajstić information content (AvgIpc) is 2.83. The van der Waals surface area contributed by atoms with E-state index in [-0.39, 0.29) is 30.3 Å². The van der Waals surface area contributed by atoms with Gasteiger partial charge in [0, 0.05) is 24.7 Å². The number of ether oxygens (including phenoxy) is 1. The van der Waals surface area contributed by atoms with Crippen LogP contribution in [0, 0.1) is 0 Å². The molecule has 0 aliphatic rings. The topological polar surface area (TPSA) is 181 Å². The SMILES string of the molecule is CC(O)Oc1ccnc(-c2nc(-c3cc(CC(=O)O)ccn3)nc(-c3cc(CC(=O)O)ccn3)n2)c1. The van der Waals surface area contributed by atoms with Crippen molar-refractivity contribution in [2.75, 3.05) is 0 Å². The standard InChI is InChI=1S/C24H20N6O6/c1-13(31)36-16-4-7-27-19(12-16)24-29-22(17-8-14(2-5-25-17)10-20(32)33)28-23(30-24)18-9-15(3-6-26-18)11-21(34)35/h2-9,12-13,31H,10-11H2,1H3,(H,32,33)(H,34,35). The minimum Gasteiger partial charge on any atom is -0.481 e. The molecule has 1 atom stereocenters. The molecule has 0 fully saturated rings. The van der Waals surface area contributed by atoms with Gasteiger partial charge in [-0.05, 0) is 48.4 Å². The third-order valence-corrected chi connectivity index (χ3v) is 4.72. The summed E-state index contributed by atoms with van der Waals surface area (Å²) in [5.41, 5.74) is 1.92. The summed E-state index contributed by atoms with van der Waals surface area (Å²) in [5, 5.41) is 27.8. The highest BCUT2D eigenvalue weighted by Crippen LogP contribution is 2.25. The second kappa shape index (κ2) is 10.6. The lowest BCUT2D eigenvalue weighted by Crippen LogP contribution is -2.10. The lowest BCUT2D eigenvalue weighted by molar-refractivity contribution is -0.137. The molecule has 12 nitrogen and oxygen atoms in total. The molecule has 0 aliphatic heterocycles. The summed E-state index contributed by atoms with van der Waals surface area (Å²) in [4.78, 5) is 48.6. The number of carbonyl (C=O) groups is 2. The minimum atomic E-state index is -1.05. The maximum atomic E-state index is 11.2. The first kappa shape index (κ1) is 24.3. The molecular weight excluding hydrogens is 468 g/mol. The largest absolute Gasteiger partial charge is 0.481 e. The van der Waals surface area contributed by atoms with E-state index in [0.29, 0.717) is 34.0 Å². The monoisotopic (exact) mass is 488 g/mol. The molecule has 3 N–H and O–H groups in total. The number of aliphatic hydroxyl groups is 1. The molecule has 4 aromatic heterocycles. The van der Waals surface area contributed by atoms with Crippen LogP contribution in [0.1, 0.15) is 18.1 Å². The first-order chi connectivity index (χ1) is 17.3. The summed E-state index contributed by atoms with van der Waals surface area (Å²) in [7, 11) is 0. The van der Waals surface area contributed by atoms with Gasteiger partial charge in [0.05, 0.1) is 12.8 Å². The molecule has 36 heavy (non-hydrogen) atoms. The van der Waals surface area contributed by atoms with Crippen LogP contribution in [0.25, 0.3) is 34.6 Å². The summed E-state index contributed by atoms with van der Waals surface area (Å²) in [6, 6.07) is 9.38. The molecule has 0 amide bonds. The van der Waals surface area contributed by atoms with Crippen LogP contribution in [0.2, 0.25) is 0 Å². The normalized spacial score (nSPS) is 11.6. The Labute approximate surface area is 204 Å². The van der Waals surface area contributed by atoms with Gasteiger partial charge in [-0.25, -0.2) is 15.0 Å². The Morgan fingerprint density at radius 2 is 1.17 bits per heavy atom. The first-order valence-electron chi connectivity index (χ1n) is 10.7. The molecule has 0 radical (unpaired) electrons. The van der Waals surface area contributed by atoms with Gasteiger partial charge < -0.3 is 20.1 Å². The van der Waals surface area contributed by atoms with Gasteiger partial charge in [-0.1, -0.05) is 0 Å². The Morgan fingerprint density at radius 1 is 0.750 bits per heavy atom. The smallest absolute Gasteiger partial charge is 0.307 e. The van der Waals surface area contributed by atoms with Crippen molar-refractivity contribution in [2.24, 2.45) is 0 Å². The molecule has 0 saturated carbocycles. The lowest BCUT2D eigenvalue weighted by Gasteiger charge is -2.10. The Morgan fingerprint density at radius 3 is 1.58 bits per heavy atom. The first-order valence-corrected chi connectivity index (χ1v) is 10.7.